The van der Waals surface area contributed by atoms with E-state index >= 15 is 0 Å². The molecule has 1 aromatic heterocycles. The zero-order valence-corrected chi connectivity index (χ0v) is 15.0. The minimum Gasteiger partial charge on any atom is -0.274 e. The van der Waals surface area contributed by atoms with Crippen molar-refractivity contribution >= 4 is 17.5 Å². The minimum atomic E-state index is -0.291. The molecule has 6 heteroatoms. The van der Waals surface area contributed by atoms with Gasteiger partial charge in [-0.25, -0.2) is 9.29 Å². The van der Waals surface area contributed by atoms with Gasteiger partial charge in [0, 0.05) is 5.56 Å². The molecule has 1 saturated heterocycles. The summed E-state index contributed by atoms with van der Waals surface area (Å²) in [5.74, 6) is -0.872. The Bertz CT molecular complexity index is 865. The van der Waals surface area contributed by atoms with E-state index in [-0.39, 0.29) is 36.0 Å². The highest BCUT2D eigenvalue weighted by Crippen LogP contribution is 2.41. The van der Waals surface area contributed by atoms with E-state index < -0.39 is 0 Å². The number of imide groups is 1. The number of carbonyl (C=O) groups excluding carboxylic acids is 2. The van der Waals surface area contributed by atoms with Crippen LogP contribution in [0.1, 0.15) is 42.6 Å². The molecule has 0 N–H and O–H groups in total. The Labute approximate surface area is 151 Å². The predicted octanol–water partition coefficient (Wildman–Crippen LogP) is 3.37. The topological polar surface area (TPSA) is 55.2 Å². The third-order valence-corrected chi connectivity index (χ3v) is 5.69. The lowest BCUT2D eigenvalue weighted by molar-refractivity contribution is -0.122. The van der Waals surface area contributed by atoms with E-state index in [1.165, 1.54) is 11.0 Å². The molecular weight excluding hydrogens is 333 g/mol. The first-order valence-corrected chi connectivity index (χ1v) is 9.14. The molecule has 26 heavy (non-hydrogen) atoms. The maximum Gasteiger partial charge on any atom is 0.237 e. The second-order valence-electron chi connectivity index (χ2n) is 7.28. The van der Waals surface area contributed by atoms with Crippen molar-refractivity contribution in [3.05, 3.63) is 47.0 Å². The number of carbonyl (C=O) groups is 2. The number of amides is 2. The molecule has 0 unspecified atom stereocenters. The Morgan fingerprint density at radius 3 is 2.31 bits per heavy atom. The van der Waals surface area contributed by atoms with Crippen molar-refractivity contribution in [3.8, 4) is 0 Å². The first-order valence-electron chi connectivity index (χ1n) is 9.14. The predicted molar refractivity (Wildman–Crippen MR) is 95.1 cm³/mol. The first kappa shape index (κ1) is 16.9. The van der Waals surface area contributed by atoms with E-state index in [1.807, 2.05) is 6.92 Å². The third kappa shape index (κ3) is 2.55. The number of anilines is 1. The summed E-state index contributed by atoms with van der Waals surface area (Å²) in [5.41, 5.74) is 2.44. The Kier molecular flexibility index (Phi) is 4.13. The smallest absolute Gasteiger partial charge is 0.237 e. The number of aryl methyl sites for hydroxylation is 1. The Hall–Kier alpha value is -2.50. The SMILES string of the molecule is Cc1nn(Cc2ccccc2F)c(C)c1N1C(=O)[C@@H]2CCCC[C@H]2C1=O. The van der Waals surface area contributed by atoms with Crippen molar-refractivity contribution in [3.63, 3.8) is 0 Å². The molecule has 136 valence electrons. The second-order valence-corrected chi connectivity index (χ2v) is 7.28. The highest BCUT2D eigenvalue weighted by atomic mass is 19.1. The molecule has 2 aliphatic rings. The van der Waals surface area contributed by atoms with Gasteiger partial charge in [-0.05, 0) is 32.8 Å². The van der Waals surface area contributed by atoms with E-state index in [4.69, 9.17) is 0 Å². The average Bonchev–Trinajstić information content (AvgIpc) is 3.04. The molecule has 1 aliphatic heterocycles. The number of fused-ring (bicyclic) bond motifs is 1. The summed E-state index contributed by atoms with van der Waals surface area (Å²) in [5, 5.41) is 4.48. The molecule has 0 radical (unpaired) electrons. The van der Waals surface area contributed by atoms with Crippen LogP contribution in [0.2, 0.25) is 0 Å². The van der Waals surface area contributed by atoms with Crippen LogP contribution in [-0.2, 0) is 16.1 Å². The zero-order chi connectivity index (χ0) is 18.4. The van der Waals surface area contributed by atoms with E-state index in [2.05, 4.69) is 5.10 Å². The molecule has 4 rings (SSSR count). The van der Waals surface area contributed by atoms with Crippen molar-refractivity contribution in [1.29, 1.82) is 0 Å². The maximum atomic E-state index is 14.0. The summed E-state index contributed by atoms with van der Waals surface area (Å²) in [6.07, 6.45) is 3.57. The van der Waals surface area contributed by atoms with E-state index in [0.29, 0.717) is 22.6 Å². The standard InChI is InChI=1S/C20H22FN3O2/c1-12-18(24-19(25)15-8-4-5-9-16(15)20(24)26)13(2)23(22-12)11-14-7-3-6-10-17(14)21/h3,6-7,10,15-16H,4-5,8-9,11H2,1-2H3/t15-,16-/m1/s1. The molecule has 5 nitrogen and oxygen atoms in total. The van der Waals surface area contributed by atoms with Crippen molar-refractivity contribution in [2.45, 2.75) is 46.1 Å². The summed E-state index contributed by atoms with van der Waals surface area (Å²) >= 11 is 0. The Morgan fingerprint density at radius 2 is 1.69 bits per heavy atom. The van der Waals surface area contributed by atoms with Crippen molar-refractivity contribution in [1.82, 2.24) is 9.78 Å². The number of hydrogen-bond donors (Lipinski definition) is 0. The van der Waals surface area contributed by atoms with Gasteiger partial charge in [0.1, 0.15) is 5.82 Å². The van der Waals surface area contributed by atoms with Crippen molar-refractivity contribution < 1.29 is 14.0 Å². The highest BCUT2D eigenvalue weighted by molar-refractivity contribution is 6.22. The van der Waals surface area contributed by atoms with Gasteiger partial charge in [0.15, 0.2) is 0 Å². The molecule has 1 aliphatic carbocycles. The first-order chi connectivity index (χ1) is 12.5. The van der Waals surface area contributed by atoms with Gasteiger partial charge >= 0.3 is 0 Å². The van der Waals surface area contributed by atoms with Crippen LogP contribution in [0, 0.1) is 31.5 Å². The van der Waals surface area contributed by atoms with Crippen LogP contribution in [-0.4, -0.2) is 21.6 Å². The molecule has 1 aromatic carbocycles. The largest absolute Gasteiger partial charge is 0.274 e. The van der Waals surface area contributed by atoms with Gasteiger partial charge < -0.3 is 0 Å². The van der Waals surface area contributed by atoms with Gasteiger partial charge in [-0.2, -0.15) is 5.10 Å². The molecule has 2 aromatic rings. The molecule has 2 heterocycles. The number of halogens is 1. The number of rotatable bonds is 3. The van der Waals surface area contributed by atoms with Crippen LogP contribution < -0.4 is 4.90 Å². The summed E-state index contributed by atoms with van der Waals surface area (Å²) in [6, 6.07) is 6.56. The monoisotopic (exact) mass is 355 g/mol. The fourth-order valence-corrected chi connectivity index (χ4v) is 4.34. The number of hydrogen-bond acceptors (Lipinski definition) is 3. The Balaban J connectivity index is 1.70. The summed E-state index contributed by atoms with van der Waals surface area (Å²) in [6.45, 7) is 3.89. The van der Waals surface area contributed by atoms with E-state index in [9.17, 15) is 14.0 Å². The van der Waals surface area contributed by atoms with Crippen LogP contribution in [0.3, 0.4) is 0 Å². The molecular formula is C20H22FN3O2. The van der Waals surface area contributed by atoms with Crippen LogP contribution in [0.15, 0.2) is 24.3 Å². The summed E-state index contributed by atoms with van der Waals surface area (Å²) in [4.78, 5) is 27.1. The lowest BCUT2D eigenvalue weighted by Gasteiger charge is -2.19. The average molecular weight is 355 g/mol. The fourth-order valence-electron chi connectivity index (χ4n) is 4.34. The quantitative estimate of drug-likeness (QED) is 0.793. The number of nitrogens with zero attached hydrogens (tertiary/aromatic N) is 3. The van der Waals surface area contributed by atoms with Crippen LogP contribution >= 0.6 is 0 Å². The second kappa shape index (κ2) is 6.34. The van der Waals surface area contributed by atoms with E-state index in [1.54, 1.807) is 29.8 Å². The molecule has 2 atom stereocenters. The van der Waals surface area contributed by atoms with Crippen LogP contribution in [0.4, 0.5) is 10.1 Å². The van der Waals surface area contributed by atoms with Gasteiger partial charge in [-0.15, -0.1) is 0 Å². The van der Waals surface area contributed by atoms with Gasteiger partial charge in [0.05, 0.1) is 35.5 Å². The lowest BCUT2D eigenvalue weighted by atomic mass is 9.81. The van der Waals surface area contributed by atoms with Crippen molar-refractivity contribution in [2.75, 3.05) is 4.90 Å². The molecule has 0 spiro atoms. The summed E-state index contributed by atoms with van der Waals surface area (Å²) in [7, 11) is 0. The van der Waals surface area contributed by atoms with Crippen LogP contribution in [0.25, 0.3) is 0 Å². The summed E-state index contributed by atoms with van der Waals surface area (Å²) < 4.78 is 15.7. The van der Waals surface area contributed by atoms with Gasteiger partial charge in [-0.3, -0.25) is 14.3 Å². The highest BCUT2D eigenvalue weighted by Gasteiger charge is 2.50. The normalized spacial score (nSPS) is 22.8. The zero-order valence-electron chi connectivity index (χ0n) is 15.0. The van der Waals surface area contributed by atoms with Gasteiger partial charge in [-0.1, -0.05) is 31.0 Å². The lowest BCUT2D eigenvalue weighted by Crippen LogP contribution is -2.31. The fraction of sp³-hybridized carbons (Fsp3) is 0.450. The van der Waals surface area contributed by atoms with Crippen molar-refractivity contribution in [2.24, 2.45) is 11.8 Å². The Morgan fingerprint density at radius 1 is 1.08 bits per heavy atom. The van der Waals surface area contributed by atoms with Gasteiger partial charge in [0.2, 0.25) is 11.8 Å². The number of benzene rings is 1. The van der Waals surface area contributed by atoms with Crippen LogP contribution in [0.5, 0.6) is 0 Å². The molecule has 2 amide bonds. The minimum absolute atomic E-state index is 0.101. The molecule has 0 bridgehead atoms. The van der Waals surface area contributed by atoms with E-state index in [0.717, 1.165) is 25.7 Å². The number of aromatic nitrogens is 2. The van der Waals surface area contributed by atoms with Gasteiger partial charge in [0.25, 0.3) is 0 Å². The molecule has 2 fully saturated rings. The maximum absolute atomic E-state index is 14.0. The third-order valence-electron chi connectivity index (χ3n) is 5.69. The molecule has 1 saturated carbocycles.